The summed E-state index contributed by atoms with van der Waals surface area (Å²) in [6.45, 7) is 3.11. The Morgan fingerprint density at radius 3 is 3.05 bits per heavy atom. The summed E-state index contributed by atoms with van der Waals surface area (Å²) in [5.41, 5.74) is 0.852. The molecule has 1 aliphatic rings. The van der Waals surface area contributed by atoms with Crippen molar-refractivity contribution in [3.8, 4) is 0 Å². The van der Waals surface area contributed by atoms with E-state index in [9.17, 15) is 9.18 Å². The Bertz CT molecular complexity index is 481. The first-order valence-electron chi connectivity index (χ1n) is 7.33. The molecule has 1 heterocycles. The maximum absolute atomic E-state index is 13.1. The van der Waals surface area contributed by atoms with Gasteiger partial charge in [0.25, 0.3) is 0 Å². The largest absolute Gasteiger partial charge is 0.374 e. The zero-order valence-electron chi connectivity index (χ0n) is 12.7. The number of rotatable bonds is 5. The summed E-state index contributed by atoms with van der Waals surface area (Å²) in [4.78, 5) is 16.0. The fraction of sp³-hybridized carbons (Fsp3) is 0.562. The Morgan fingerprint density at radius 1 is 1.52 bits per heavy atom. The minimum Gasteiger partial charge on any atom is -0.374 e. The van der Waals surface area contributed by atoms with Crippen molar-refractivity contribution in [3.63, 3.8) is 0 Å². The molecule has 0 aliphatic carbocycles. The van der Waals surface area contributed by atoms with Gasteiger partial charge in [-0.1, -0.05) is 12.1 Å². The SMILES string of the molecule is CN1CCOC(CN(C)C(=O)CCc2cccc(F)c2)C1. The van der Waals surface area contributed by atoms with E-state index in [2.05, 4.69) is 11.9 Å². The van der Waals surface area contributed by atoms with Crippen molar-refractivity contribution in [1.82, 2.24) is 9.80 Å². The number of benzene rings is 1. The topological polar surface area (TPSA) is 32.8 Å². The fourth-order valence-corrected chi connectivity index (χ4v) is 2.52. The fourth-order valence-electron chi connectivity index (χ4n) is 2.52. The van der Waals surface area contributed by atoms with Gasteiger partial charge in [0.05, 0.1) is 12.7 Å². The third-order valence-corrected chi connectivity index (χ3v) is 3.76. The Labute approximate surface area is 125 Å². The summed E-state index contributed by atoms with van der Waals surface area (Å²) in [5, 5.41) is 0. The van der Waals surface area contributed by atoms with Crippen molar-refractivity contribution in [2.45, 2.75) is 18.9 Å². The van der Waals surface area contributed by atoms with Crippen LogP contribution in [-0.2, 0) is 16.0 Å². The number of carbonyl (C=O) groups is 1. The van der Waals surface area contributed by atoms with Gasteiger partial charge in [0.1, 0.15) is 5.82 Å². The maximum atomic E-state index is 13.1. The van der Waals surface area contributed by atoms with Crippen molar-refractivity contribution in [2.75, 3.05) is 40.3 Å². The Morgan fingerprint density at radius 2 is 2.33 bits per heavy atom. The van der Waals surface area contributed by atoms with Gasteiger partial charge in [0.2, 0.25) is 5.91 Å². The van der Waals surface area contributed by atoms with E-state index in [4.69, 9.17) is 4.74 Å². The van der Waals surface area contributed by atoms with Crippen LogP contribution in [0.3, 0.4) is 0 Å². The molecule has 1 aliphatic heterocycles. The molecule has 1 unspecified atom stereocenters. The van der Waals surface area contributed by atoms with Gasteiger partial charge in [-0.3, -0.25) is 4.79 Å². The smallest absolute Gasteiger partial charge is 0.222 e. The molecule has 2 rings (SSSR count). The molecule has 1 fully saturated rings. The minimum atomic E-state index is -0.257. The quantitative estimate of drug-likeness (QED) is 0.826. The summed E-state index contributed by atoms with van der Waals surface area (Å²) in [6, 6.07) is 6.40. The highest BCUT2D eigenvalue weighted by molar-refractivity contribution is 5.76. The third-order valence-electron chi connectivity index (χ3n) is 3.76. The molecule has 4 nitrogen and oxygen atoms in total. The maximum Gasteiger partial charge on any atom is 0.222 e. The normalized spacial score (nSPS) is 19.5. The van der Waals surface area contributed by atoms with Crippen molar-refractivity contribution in [2.24, 2.45) is 0 Å². The first kappa shape index (κ1) is 15.9. The van der Waals surface area contributed by atoms with Gasteiger partial charge in [-0.2, -0.15) is 0 Å². The van der Waals surface area contributed by atoms with E-state index in [-0.39, 0.29) is 17.8 Å². The van der Waals surface area contributed by atoms with Crippen LogP contribution in [0.4, 0.5) is 4.39 Å². The van der Waals surface area contributed by atoms with Crippen LogP contribution >= 0.6 is 0 Å². The molecule has 0 spiro atoms. The molecular formula is C16H23FN2O2. The molecule has 0 aromatic heterocycles. The van der Waals surface area contributed by atoms with Gasteiger partial charge in [0.15, 0.2) is 0 Å². The second kappa shape index (κ2) is 7.52. The highest BCUT2D eigenvalue weighted by atomic mass is 19.1. The van der Waals surface area contributed by atoms with Crippen molar-refractivity contribution >= 4 is 5.91 Å². The Balaban J connectivity index is 1.77. The number of morpholine rings is 1. The molecule has 0 saturated carbocycles. The van der Waals surface area contributed by atoms with Crippen LogP contribution < -0.4 is 0 Å². The van der Waals surface area contributed by atoms with Crippen LogP contribution in [-0.4, -0.2) is 62.1 Å². The van der Waals surface area contributed by atoms with Crippen LogP contribution in [0.25, 0.3) is 0 Å². The standard InChI is InChI=1S/C16H23FN2O2/c1-18-8-9-21-15(11-18)12-19(2)16(20)7-6-13-4-3-5-14(17)10-13/h3-5,10,15H,6-9,11-12H2,1-2H3. The second-order valence-corrected chi connectivity index (χ2v) is 5.66. The van der Waals surface area contributed by atoms with Crippen molar-refractivity contribution in [3.05, 3.63) is 35.6 Å². The van der Waals surface area contributed by atoms with E-state index >= 15 is 0 Å². The van der Waals surface area contributed by atoms with Gasteiger partial charge in [-0.05, 0) is 31.2 Å². The molecule has 5 heteroatoms. The number of amides is 1. The number of likely N-dealkylation sites (N-methyl/N-ethyl adjacent to an activating group) is 2. The number of aryl methyl sites for hydroxylation is 1. The van der Waals surface area contributed by atoms with Crippen molar-refractivity contribution in [1.29, 1.82) is 0 Å². The van der Waals surface area contributed by atoms with E-state index in [0.717, 1.165) is 18.7 Å². The third kappa shape index (κ3) is 5.10. The predicted octanol–water partition coefficient (Wildman–Crippen LogP) is 1.55. The van der Waals surface area contributed by atoms with E-state index < -0.39 is 0 Å². The van der Waals surface area contributed by atoms with Gasteiger partial charge in [0, 0.05) is 33.1 Å². The average molecular weight is 294 g/mol. The average Bonchev–Trinajstić information content (AvgIpc) is 2.45. The molecule has 116 valence electrons. The predicted molar refractivity (Wildman–Crippen MR) is 79.6 cm³/mol. The van der Waals surface area contributed by atoms with Gasteiger partial charge < -0.3 is 14.5 Å². The van der Waals surface area contributed by atoms with Crippen LogP contribution in [0.5, 0.6) is 0 Å². The van der Waals surface area contributed by atoms with E-state index in [0.29, 0.717) is 26.0 Å². The van der Waals surface area contributed by atoms with E-state index in [1.54, 1.807) is 18.0 Å². The molecule has 0 bridgehead atoms. The van der Waals surface area contributed by atoms with E-state index in [1.807, 2.05) is 6.07 Å². The first-order valence-corrected chi connectivity index (χ1v) is 7.33. The highest BCUT2D eigenvalue weighted by Crippen LogP contribution is 2.09. The molecule has 1 atom stereocenters. The summed E-state index contributed by atoms with van der Waals surface area (Å²) in [6.07, 6.45) is 1.03. The van der Waals surface area contributed by atoms with Crippen molar-refractivity contribution < 1.29 is 13.9 Å². The molecule has 1 aromatic rings. The molecule has 1 aromatic carbocycles. The Hall–Kier alpha value is -1.46. The monoisotopic (exact) mass is 294 g/mol. The molecule has 0 radical (unpaired) electrons. The first-order chi connectivity index (χ1) is 10.0. The highest BCUT2D eigenvalue weighted by Gasteiger charge is 2.21. The van der Waals surface area contributed by atoms with Gasteiger partial charge in [-0.25, -0.2) is 4.39 Å². The number of carbonyl (C=O) groups excluding carboxylic acids is 1. The summed E-state index contributed by atoms with van der Waals surface area (Å²) in [5.74, 6) is -0.192. The molecule has 1 amide bonds. The summed E-state index contributed by atoms with van der Waals surface area (Å²) >= 11 is 0. The van der Waals surface area contributed by atoms with E-state index in [1.165, 1.54) is 12.1 Å². The molecule has 0 N–H and O–H groups in total. The van der Waals surface area contributed by atoms with Crippen LogP contribution in [0, 0.1) is 5.82 Å². The number of ether oxygens (including phenoxy) is 1. The summed E-state index contributed by atoms with van der Waals surface area (Å²) < 4.78 is 18.7. The zero-order chi connectivity index (χ0) is 15.2. The summed E-state index contributed by atoms with van der Waals surface area (Å²) in [7, 11) is 3.85. The lowest BCUT2D eigenvalue weighted by Gasteiger charge is -2.32. The molecule has 1 saturated heterocycles. The van der Waals surface area contributed by atoms with Crippen LogP contribution in [0.2, 0.25) is 0 Å². The van der Waals surface area contributed by atoms with Gasteiger partial charge in [-0.15, -0.1) is 0 Å². The lowest BCUT2D eigenvalue weighted by molar-refractivity contribution is -0.132. The number of hydrogen-bond donors (Lipinski definition) is 0. The number of hydrogen-bond acceptors (Lipinski definition) is 3. The Kier molecular flexibility index (Phi) is 5.70. The minimum absolute atomic E-state index is 0.0658. The number of halogens is 1. The van der Waals surface area contributed by atoms with Crippen LogP contribution in [0.15, 0.2) is 24.3 Å². The molecular weight excluding hydrogens is 271 g/mol. The van der Waals surface area contributed by atoms with Gasteiger partial charge >= 0.3 is 0 Å². The lowest BCUT2D eigenvalue weighted by Crippen LogP contribution is -2.46. The lowest BCUT2D eigenvalue weighted by atomic mass is 10.1. The number of nitrogens with zero attached hydrogens (tertiary/aromatic N) is 2. The second-order valence-electron chi connectivity index (χ2n) is 5.66. The van der Waals surface area contributed by atoms with Crippen LogP contribution in [0.1, 0.15) is 12.0 Å². The zero-order valence-corrected chi connectivity index (χ0v) is 12.7. The molecule has 21 heavy (non-hydrogen) atoms.